The molecule has 0 atom stereocenters. The summed E-state index contributed by atoms with van der Waals surface area (Å²) in [7, 11) is 0. The number of nitrogens with one attached hydrogen (secondary N) is 1. The van der Waals surface area contributed by atoms with Crippen molar-refractivity contribution in [2.24, 2.45) is 0 Å². The third-order valence-electron chi connectivity index (χ3n) is 8.32. The third kappa shape index (κ3) is 4.78. The lowest BCUT2D eigenvalue weighted by molar-refractivity contribution is -0.136. The van der Waals surface area contributed by atoms with E-state index in [1.165, 1.54) is 17.0 Å². The molecule has 208 valence electrons. The molecule has 2 N–H and O–H groups in total. The molecule has 1 amide bonds. The molecule has 1 aromatic heterocycles. The Bertz CT molecular complexity index is 1460. The molecule has 0 bridgehead atoms. The van der Waals surface area contributed by atoms with E-state index in [9.17, 15) is 23.1 Å². The number of fused-ring (bicyclic) bond motifs is 3. The van der Waals surface area contributed by atoms with Gasteiger partial charge in [0.1, 0.15) is 12.4 Å². The first-order chi connectivity index (χ1) is 18.4. The fourth-order valence-electron chi connectivity index (χ4n) is 6.25. The van der Waals surface area contributed by atoms with E-state index in [2.05, 4.69) is 37.8 Å². The lowest BCUT2D eigenvalue weighted by atomic mass is 9.73. The van der Waals surface area contributed by atoms with Crippen LogP contribution in [-0.4, -0.2) is 57.3 Å². The first-order valence-electron chi connectivity index (χ1n) is 12.8. The summed E-state index contributed by atoms with van der Waals surface area (Å²) in [5.74, 6) is 0.106. The summed E-state index contributed by atoms with van der Waals surface area (Å²) in [5.41, 5.74) is -0.268. The van der Waals surface area contributed by atoms with Crippen LogP contribution >= 0.6 is 34.2 Å². The molecule has 1 saturated heterocycles. The Morgan fingerprint density at radius 2 is 1.95 bits per heavy atom. The molecule has 1 saturated carbocycles. The molecule has 1 aliphatic carbocycles. The van der Waals surface area contributed by atoms with Gasteiger partial charge >= 0.3 is 6.18 Å². The van der Waals surface area contributed by atoms with Crippen LogP contribution in [0.4, 0.5) is 18.9 Å². The number of hydrogen-bond acceptors (Lipinski definition) is 5. The highest BCUT2D eigenvalue weighted by Gasteiger charge is 2.49. The maximum absolute atomic E-state index is 14.0. The summed E-state index contributed by atoms with van der Waals surface area (Å²) in [6, 6.07) is 6.05. The highest BCUT2D eigenvalue weighted by atomic mass is 127. The van der Waals surface area contributed by atoms with Crippen molar-refractivity contribution in [1.29, 1.82) is 0 Å². The highest BCUT2D eigenvalue weighted by molar-refractivity contribution is 14.1. The normalized spacial score (nSPS) is 24.6. The molecule has 3 heterocycles. The molecule has 6 rings (SSSR count). The van der Waals surface area contributed by atoms with Crippen LogP contribution in [0.25, 0.3) is 11.0 Å². The standard InChI is InChI=1S/C27H27ClF3IN4O3/c1-25(38)12-16(13-25)36-14-33-21-11-17(10-19(23(21)36)27(29,30)31)39-7-6-35-4-2-26(3-5-35)18-8-15(28)9-20(32)22(18)34-24(26)37/h8-11,14,16,38H,2-7,12-13H2,1H3,(H,34,37). The predicted molar refractivity (Wildman–Crippen MR) is 149 cm³/mol. The van der Waals surface area contributed by atoms with Crippen molar-refractivity contribution in [2.75, 3.05) is 31.6 Å². The minimum absolute atomic E-state index is 0.00785. The predicted octanol–water partition coefficient (Wildman–Crippen LogP) is 5.76. The Kier molecular flexibility index (Phi) is 6.59. The van der Waals surface area contributed by atoms with Crippen molar-refractivity contribution in [3.05, 3.63) is 50.3 Å². The van der Waals surface area contributed by atoms with Crippen LogP contribution in [-0.2, 0) is 16.4 Å². The largest absolute Gasteiger partial charge is 0.492 e. The SMILES string of the molecule is CC1(O)CC(n2cnc3cc(OCCN4CCC5(CC4)C(=O)Nc4c(I)cc(Cl)cc45)cc(C(F)(F)F)c32)C1. The van der Waals surface area contributed by atoms with Gasteiger partial charge in [0.05, 0.1) is 39.6 Å². The van der Waals surface area contributed by atoms with E-state index in [0.717, 1.165) is 20.9 Å². The van der Waals surface area contributed by atoms with Crippen molar-refractivity contribution in [3.8, 4) is 5.75 Å². The van der Waals surface area contributed by atoms with E-state index >= 15 is 0 Å². The van der Waals surface area contributed by atoms with Gasteiger partial charge in [-0.2, -0.15) is 13.2 Å². The Labute approximate surface area is 241 Å². The number of aromatic nitrogens is 2. The minimum Gasteiger partial charge on any atom is -0.492 e. The molecule has 3 aromatic rings. The zero-order valence-corrected chi connectivity index (χ0v) is 24.0. The van der Waals surface area contributed by atoms with Gasteiger partial charge in [-0.25, -0.2) is 4.98 Å². The average molecular weight is 675 g/mol. The Morgan fingerprint density at radius 1 is 1.23 bits per heavy atom. The molecule has 2 aliphatic heterocycles. The number of aliphatic hydroxyl groups is 1. The number of carbonyl (C=O) groups is 1. The van der Waals surface area contributed by atoms with Crippen LogP contribution < -0.4 is 10.1 Å². The Hall–Kier alpha value is -2.09. The number of halogens is 5. The first-order valence-corrected chi connectivity index (χ1v) is 14.3. The van der Waals surface area contributed by atoms with Crippen molar-refractivity contribution in [1.82, 2.24) is 14.5 Å². The summed E-state index contributed by atoms with van der Waals surface area (Å²) >= 11 is 8.47. The fraction of sp³-hybridized carbons (Fsp3) is 0.481. The Balaban J connectivity index is 1.13. The third-order valence-corrected chi connectivity index (χ3v) is 9.39. The molecule has 39 heavy (non-hydrogen) atoms. The van der Waals surface area contributed by atoms with Gasteiger partial charge in [0.2, 0.25) is 5.91 Å². The number of ether oxygens (including phenoxy) is 1. The van der Waals surface area contributed by atoms with Gasteiger partial charge in [-0.05, 0) is 92.0 Å². The van der Waals surface area contributed by atoms with E-state index < -0.39 is 22.8 Å². The molecular formula is C27H27ClF3IN4O3. The number of likely N-dealkylation sites (tertiary alicyclic amines) is 1. The maximum atomic E-state index is 14.0. The van der Waals surface area contributed by atoms with E-state index in [0.29, 0.717) is 50.3 Å². The maximum Gasteiger partial charge on any atom is 0.418 e. The number of anilines is 1. The van der Waals surface area contributed by atoms with Crippen LogP contribution in [0.3, 0.4) is 0 Å². The second kappa shape index (κ2) is 9.49. The lowest BCUT2D eigenvalue weighted by Gasteiger charge is -2.41. The van der Waals surface area contributed by atoms with Crippen LogP contribution in [0.15, 0.2) is 30.6 Å². The minimum atomic E-state index is -4.58. The monoisotopic (exact) mass is 674 g/mol. The van der Waals surface area contributed by atoms with E-state index in [-0.39, 0.29) is 35.3 Å². The number of carbonyl (C=O) groups excluding carboxylic acids is 1. The van der Waals surface area contributed by atoms with Crippen LogP contribution in [0.5, 0.6) is 5.75 Å². The highest BCUT2D eigenvalue weighted by Crippen LogP contribution is 2.48. The van der Waals surface area contributed by atoms with Crippen molar-refractivity contribution >= 4 is 56.8 Å². The van der Waals surface area contributed by atoms with Crippen LogP contribution in [0.1, 0.15) is 49.8 Å². The summed E-state index contributed by atoms with van der Waals surface area (Å²) in [6.07, 6.45) is -1.16. The van der Waals surface area contributed by atoms with Gasteiger partial charge in [0, 0.05) is 27.2 Å². The van der Waals surface area contributed by atoms with E-state index in [4.69, 9.17) is 16.3 Å². The average Bonchev–Trinajstić information content (AvgIpc) is 3.37. The number of alkyl halides is 3. The summed E-state index contributed by atoms with van der Waals surface area (Å²) in [4.78, 5) is 19.4. The van der Waals surface area contributed by atoms with E-state index in [1.54, 1.807) is 6.92 Å². The number of rotatable bonds is 5. The van der Waals surface area contributed by atoms with Gasteiger partial charge in [-0.3, -0.25) is 9.69 Å². The second-order valence-corrected chi connectivity index (χ2v) is 12.7. The molecule has 1 spiro atoms. The summed E-state index contributed by atoms with van der Waals surface area (Å²) in [6.45, 7) is 3.71. The number of benzene rings is 2. The molecule has 7 nitrogen and oxygen atoms in total. The number of hydrogen-bond donors (Lipinski definition) is 2. The second-order valence-electron chi connectivity index (χ2n) is 11.1. The molecule has 3 aliphatic rings. The Morgan fingerprint density at radius 3 is 2.62 bits per heavy atom. The number of imidazole rings is 1. The van der Waals surface area contributed by atoms with Gasteiger partial charge in [-0.15, -0.1) is 0 Å². The van der Waals surface area contributed by atoms with Crippen molar-refractivity contribution in [3.63, 3.8) is 0 Å². The zero-order chi connectivity index (χ0) is 27.7. The molecule has 2 fully saturated rings. The summed E-state index contributed by atoms with van der Waals surface area (Å²) in [5, 5.41) is 13.7. The van der Waals surface area contributed by atoms with Crippen molar-refractivity contribution in [2.45, 2.75) is 55.8 Å². The molecular weight excluding hydrogens is 648 g/mol. The molecule has 0 radical (unpaired) electrons. The van der Waals surface area contributed by atoms with E-state index in [1.807, 2.05) is 12.1 Å². The smallest absolute Gasteiger partial charge is 0.418 e. The van der Waals surface area contributed by atoms with Crippen LogP contribution in [0.2, 0.25) is 5.02 Å². The number of nitrogens with zero attached hydrogens (tertiary/aromatic N) is 3. The van der Waals surface area contributed by atoms with Gasteiger partial charge < -0.3 is 19.7 Å². The summed E-state index contributed by atoms with van der Waals surface area (Å²) < 4.78 is 50.4. The first kappa shape index (κ1) is 27.1. The quantitative estimate of drug-likeness (QED) is 0.337. The molecule has 12 heteroatoms. The van der Waals surface area contributed by atoms with Gasteiger partial charge in [-0.1, -0.05) is 11.6 Å². The lowest BCUT2D eigenvalue weighted by Crippen LogP contribution is -2.47. The van der Waals surface area contributed by atoms with Gasteiger partial charge in [0.15, 0.2) is 0 Å². The molecule has 2 aromatic carbocycles. The van der Waals surface area contributed by atoms with Crippen LogP contribution in [0, 0.1) is 3.57 Å². The topological polar surface area (TPSA) is 79.6 Å². The van der Waals surface area contributed by atoms with Crippen molar-refractivity contribution < 1.29 is 27.8 Å². The zero-order valence-electron chi connectivity index (χ0n) is 21.1. The number of piperidine rings is 1. The van der Waals surface area contributed by atoms with Gasteiger partial charge in [0.25, 0.3) is 0 Å². The number of amides is 1. The molecule has 0 unspecified atom stereocenters. The fourth-order valence-corrected chi connectivity index (χ4v) is 7.42.